The molecule has 0 unspecified atom stereocenters. The van der Waals surface area contributed by atoms with E-state index in [0.717, 1.165) is 18.4 Å². The van der Waals surface area contributed by atoms with Crippen LogP contribution in [0.15, 0.2) is 30.3 Å². The highest BCUT2D eigenvalue weighted by Crippen LogP contribution is 2.57. The fraction of sp³-hybridized carbons (Fsp3) is 0.500. The average molecular weight is 271 g/mol. The van der Waals surface area contributed by atoms with Crippen LogP contribution in [0.5, 0.6) is 0 Å². The Morgan fingerprint density at radius 3 is 2.85 bits per heavy atom. The van der Waals surface area contributed by atoms with Crippen LogP contribution in [0.3, 0.4) is 0 Å². The third-order valence-electron chi connectivity index (χ3n) is 5.10. The van der Waals surface area contributed by atoms with Gasteiger partial charge in [-0.15, -0.1) is 0 Å². The van der Waals surface area contributed by atoms with Crippen molar-refractivity contribution in [2.24, 2.45) is 23.7 Å². The minimum atomic E-state index is -0.186. The highest BCUT2D eigenvalue weighted by atomic mass is 16.6. The molecule has 1 amide bonds. The van der Waals surface area contributed by atoms with Crippen molar-refractivity contribution < 1.29 is 14.3 Å². The minimum absolute atomic E-state index is 0.0173. The number of amides is 1. The molecule has 2 saturated carbocycles. The number of carbonyl (C=O) groups is 2. The van der Waals surface area contributed by atoms with Gasteiger partial charge in [-0.25, -0.2) is 0 Å². The number of fused-ring (bicyclic) bond motifs is 1. The van der Waals surface area contributed by atoms with Crippen LogP contribution in [0, 0.1) is 23.7 Å². The van der Waals surface area contributed by atoms with Crippen molar-refractivity contribution in [3.05, 3.63) is 35.9 Å². The lowest BCUT2D eigenvalue weighted by Crippen LogP contribution is -2.39. The van der Waals surface area contributed by atoms with Crippen molar-refractivity contribution in [1.82, 2.24) is 5.32 Å². The summed E-state index contributed by atoms with van der Waals surface area (Å²) < 4.78 is 5.36. The maximum Gasteiger partial charge on any atom is 0.310 e. The van der Waals surface area contributed by atoms with Crippen LogP contribution in [0.25, 0.3) is 0 Å². The Morgan fingerprint density at radius 1 is 1.25 bits per heavy atom. The number of benzene rings is 1. The Hall–Kier alpha value is -1.84. The van der Waals surface area contributed by atoms with Crippen molar-refractivity contribution in [3.8, 4) is 0 Å². The Bertz CT molecular complexity index is 554. The van der Waals surface area contributed by atoms with Crippen molar-refractivity contribution in [2.75, 3.05) is 0 Å². The standard InChI is InChI=1S/C16H17NO3/c18-15(17-8-9-4-2-1-3-5-9)13-10-6-11-12(7-10)20-16(19)14(11)13/h1-5,10-14H,6-8H2,(H,17,18)/t10-,11+,12-,13+,14+/m1/s1. The van der Waals surface area contributed by atoms with Gasteiger partial charge in [0, 0.05) is 12.5 Å². The second-order valence-corrected chi connectivity index (χ2v) is 6.13. The summed E-state index contributed by atoms with van der Waals surface area (Å²) in [5.41, 5.74) is 1.08. The van der Waals surface area contributed by atoms with Gasteiger partial charge in [-0.1, -0.05) is 30.3 Å². The lowest BCUT2D eigenvalue weighted by molar-refractivity contribution is -0.146. The van der Waals surface area contributed by atoms with E-state index in [0.29, 0.717) is 18.4 Å². The lowest BCUT2D eigenvalue weighted by Gasteiger charge is -2.23. The normalized spacial score (nSPS) is 37.0. The molecule has 104 valence electrons. The van der Waals surface area contributed by atoms with Gasteiger partial charge in [0.25, 0.3) is 0 Å². The number of rotatable bonds is 3. The zero-order valence-corrected chi connectivity index (χ0v) is 11.1. The van der Waals surface area contributed by atoms with Gasteiger partial charge in [-0.3, -0.25) is 9.59 Å². The first kappa shape index (κ1) is 11.9. The SMILES string of the molecule is O=C(NCc1ccccc1)[C@H]1[C@@H]2C[C@@H]3[C@@H]1C(=O)O[C@@H]3C2. The molecule has 1 heterocycles. The van der Waals surface area contributed by atoms with Crippen LogP contribution in [0.1, 0.15) is 18.4 Å². The monoisotopic (exact) mass is 271 g/mol. The maximum atomic E-state index is 12.4. The summed E-state index contributed by atoms with van der Waals surface area (Å²) in [4.78, 5) is 24.3. The predicted molar refractivity (Wildman–Crippen MR) is 71.4 cm³/mol. The molecule has 20 heavy (non-hydrogen) atoms. The summed E-state index contributed by atoms with van der Waals surface area (Å²) >= 11 is 0. The van der Waals surface area contributed by atoms with Gasteiger partial charge in [-0.2, -0.15) is 0 Å². The summed E-state index contributed by atoms with van der Waals surface area (Å²) in [5.74, 6) is 0.130. The second-order valence-electron chi connectivity index (χ2n) is 6.13. The fourth-order valence-electron chi connectivity index (χ4n) is 4.27. The molecular weight excluding hydrogens is 254 g/mol. The molecule has 1 saturated heterocycles. The summed E-state index contributed by atoms with van der Waals surface area (Å²) in [6, 6.07) is 9.84. The number of ether oxygens (including phenoxy) is 1. The van der Waals surface area contributed by atoms with Crippen molar-refractivity contribution in [1.29, 1.82) is 0 Å². The molecule has 2 aliphatic carbocycles. The van der Waals surface area contributed by atoms with Crippen LogP contribution in [0.4, 0.5) is 0 Å². The van der Waals surface area contributed by atoms with Crippen LogP contribution >= 0.6 is 0 Å². The number of hydrogen-bond acceptors (Lipinski definition) is 3. The van der Waals surface area contributed by atoms with Crippen LogP contribution in [-0.4, -0.2) is 18.0 Å². The molecule has 1 N–H and O–H groups in total. The number of esters is 1. The summed E-state index contributed by atoms with van der Waals surface area (Å²) in [6.45, 7) is 0.527. The van der Waals surface area contributed by atoms with E-state index in [9.17, 15) is 9.59 Å². The maximum absolute atomic E-state index is 12.4. The Balaban J connectivity index is 1.46. The zero-order valence-electron chi connectivity index (χ0n) is 11.1. The Kier molecular flexibility index (Phi) is 2.59. The molecule has 4 rings (SSSR count). The first-order chi connectivity index (χ1) is 9.74. The summed E-state index contributed by atoms with van der Waals surface area (Å²) in [5, 5.41) is 2.98. The lowest BCUT2D eigenvalue weighted by atomic mass is 9.79. The van der Waals surface area contributed by atoms with Crippen molar-refractivity contribution in [3.63, 3.8) is 0 Å². The second kappa shape index (κ2) is 4.33. The molecule has 3 aliphatic rings. The molecule has 1 aromatic carbocycles. The fourth-order valence-corrected chi connectivity index (χ4v) is 4.27. The van der Waals surface area contributed by atoms with E-state index in [4.69, 9.17) is 4.74 Å². The van der Waals surface area contributed by atoms with Crippen LogP contribution in [-0.2, 0) is 20.9 Å². The zero-order chi connectivity index (χ0) is 13.7. The molecule has 2 bridgehead atoms. The Labute approximate surface area is 117 Å². The summed E-state index contributed by atoms with van der Waals surface area (Å²) in [7, 11) is 0. The molecule has 4 heteroatoms. The summed E-state index contributed by atoms with van der Waals surface area (Å²) in [6.07, 6.45) is 1.94. The van der Waals surface area contributed by atoms with Gasteiger partial charge >= 0.3 is 5.97 Å². The molecule has 0 radical (unpaired) electrons. The highest BCUT2D eigenvalue weighted by molar-refractivity contribution is 5.88. The van der Waals surface area contributed by atoms with Gasteiger partial charge in [0.15, 0.2) is 0 Å². The molecule has 3 fully saturated rings. The Morgan fingerprint density at radius 2 is 2.05 bits per heavy atom. The quantitative estimate of drug-likeness (QED) is 0.848. The van der Waals surface area contributed by atoms with E-state index in [1.54, 1.807) is 0 Å². The molecule has 1 aliphatic heterocycles. The van der Waals surface area contributed by atoms with E-state index >= 15 is 0 Å². The largest absolute Gasteiger partial charge is 0.462 e. The third-order valence-corrected chi connectivity index (χ3v) is 5.10. The molecule has 0 aromatic heterocycles. The van der Waals surface area contributed by atoms with E-state index in [1.165, 1.54) is 0 Å². The minimum Gasteiger partial charge on any atom is -0.462 e. The molecule has 1 aromatic rings. The molecule has 5 atom stereocenters. The predicted octanol–water partition coefficient (Wildman–Crippen LogP) is 1.50. The molecular formula is C16H17NO3. The molecule has 0 spiro atoms. The van der Waals surface area contributed by atoms with Crippen LogP contribution in [0.2, 0.25) is 0 Å². The van der Waals surface area contributed by atoms with Gasteiger partial charge in [-0.05, 0) is 24.3 Å². The first-order valence-electron chi connectivity index (χ1n) is 7.26. The first-order valence-corrected chi connectivity index (χ1v) is 7.26. The number of carbonyl (C=O) groups excluding carboxylic acids is 2. The smallest absolute Gasteiger partial charge is 0.310 e. The van der Waals surface area contributed by atoms with Gasteiger partial charge < -0.3 is 10.1 Å². The van der Waals surface area contributed by atoms with Gasteiger partial charge in [0.05, 0.1) is 11.8 Å². The van der Waals surface area contributed by atoms with Crippen molar-refractivity contribution >= 4 is 11.9 Å². The third kappa shape index (κ3) is 1.67. The average Bonchev–Trinajstić information content (AvgIpc) is 3.07. The number of nitrogens with one attached hydrogen (secondary N) is 1. The molecule has 4 nitrogen and oxygen atoms in total. The van der Waals surface area contributed by atoms with Gasteiger partial charge in [0.2, 0.25) is 5.91 Å². The van der Waals surface area contributed by atoms with E-state index in [1.807, 2.05) is 30.3 Å². The van der Waals surface area contributed by atoms with E-state index < -0.39 is 0 Å². The van der Waals surface area contributed by atoms with Crippen LogP contribution < -0.4 is 5.32 Å². The van der Waals surface area contributed by atoms with E-state index in [2.05, 4.69) is 5.32 Å². The topological polar surface area (TPSA) is 55.4 Å². The van der Waals surface area contributed by atoms with Gasteiger partial charge in [0.1, 0.15) is 6.10 Å². The van der Waals surface area contributed by atoms with E-state index in [-0.39, 0.29) is 29.8 Å². The van der Waals surface area contributed by atoms with Crippen molar-refractivity contribution in [2.45, 2.75) is 25.5 Å². The highest BCUT2D eigenvalue weighted by Gasteiger charge is 2.63. The number of hydrogen-bond donors (Lipinski definition) is 1.